The fraction of sp³-hybridized carbons (Fsp3) is 0.192. The number of carboxylic acids is 1. The molecule has 0 saturated heterocycles. The first-order valence-corrected chi connectivity index (χ1v) is 11.1. The topological polar surface area (TPSA) is 40.1 Å². The fourth-order valence-electron chi connectivity index (χ4n) is 3.33. The van der Waals surface area contributed by atoms with E-state index in [9.17, 15) is 9.90 Å². The molecule has 148 valence electrons. The number of hydrogen-bond donors (Lipinski definition) is 0. The van der Waals surface area contributed by atoms with Crippen LogP contribution in [-0.4, -0.2) is 5.97 Å². The molecule has 4 heteroatoms. The summed E-state index contributed by atoms with van der Waals surface area (Å²) in [6.07, 6.45) is 3.72. The summed E-state index contributed by atoms with van der Waals surface area (Å²) >= 11 is 0. The van der Waals surface area contributed by atoms with Crippen LogP contribution in [0.5, 0.6) is 0 Å². The number of rotatable bonds is 6. The van der Waals surface area contributed by atoms with Crippen molar-refractivity contribution in [1.82, 2.24) is 0 Å². The van der Waals surface area contributed by atoms with E-state index in [0.717, 1.165) is 5.56 Å². The van der Waals surface area contributed by atoms with Crippen LogP contribution in [0.4, 0.5) is 0 Å². The Morgan fingerprint density at radius 1 is 0.833 bits per heavy atom. The van der Waals surface area contributed by atoms with Gasteiger partial charge in [-0.2, -0.15) is 0 Å². The third-order valence-electron chi connectivity index (χ3n) is 4.86. The third kappa shape index (κ3) is 6.47. The number of carbonyl (C=O) groups is 1. The van der Waals surface area contributed by atoms with Gasteiger partial charge in [-0.1, -0.05) is 118 Å². The molecule has 0 heterocycles. The molecule has 0 aromatic heterocycles. The summed E-state index contributed by atoms with van der Waals surface area (Å²) in [5, 5.41) is 15.4. The first kappa shape index (κ1) is 25.2. The summed E-state index contributed by atoms with van der Waals surface area (Å²) in [4.78, 5) is 11.7. The van der Waals surface area contributed by atoms with Crippen molar-refractivity contribution in [3.63, 3.8) is 0 Å². The van der Waals surface area contributed by atoms with Gasteiger partial charge in [0.15, 0.2) is 0 Å². The van der Waals surface area contributed by atoms with Crippen LogP contribution in [0.1, 0.15) is 26.3 Å². The molecule has 0 aliphatic rings. The molecule has 0 spiro atoms. The first-order chi connectivity index (χ1) is 13.9. The first-order valence-electron chi connectivity index (χ1n) is 9.76. The largest absolute Gasteiger partial charge is 1.00 e. The fourth-order valence-corrected chi connectivity index (χ4v) is 5.77. The second kappa shape index (κ2) is 11.5. The van der Waals surface area contributed by atoms with Crippen molar-refractivity contribution in [1.29, 1.82) is 0 Å². The SMILES string of the molecule is CC(C)(C)[C@H](/C=C/c1ccccc1P(c1ccccc1)c1ccccc1)C(=O)[O-].[K+]. The molecule has 1 atom stereocenters. The van der Waals surface area contributed by atoms with Gasteiger partial charge in [0.25, 0.3) is 0 Å². The third-order valence-corrected chi connectivity index (χ3v) is 7.38. The van der Waals surface area contributed by atoms with Gasteiger partial charge in [0.05, 0.1) is 0 Å². The van der Waals surface area contributed by atoms with Gasteiger partial charge < -0.3 is 9.90 Å². The molecule has 0 radical (unpaired) electrons. The van der Waals surface area contributed by atoms with E-state index in [1.807, 2.05) is 51.1 Å². The molecule has 0 bridgehead atoms. The van der Waals surface area contributed by atoms with E-state index < -0.39 is 25.2 Å². The second-order valence-corrected chi connectivity index (χ2v) is 10.3. The summed E-state index contributed by atoms with van der Waals surface area (Å²) in [7, 11) is -0.755. The van der Waals surface area contributed by atoms with E-state index in [4.69, 9.17) is 0 Å². The maximum atomic E-state index is 11.7. The minimum atomic E-state index is -1.04. The van der Waals surface area contributed by atoms with Crippen molar-refractivity contribution >= 4 is 35.9 Å². The summed E-state index contributed by atoms with van der Waals surface area (Å²) in [5.41, 5.74) is 0.634. The average Bonchev–Trinajstić information content (AvgIpc) is 2.70. The van der Waals surface area contributed by atoms with Crippen LogP contribution in [0.2, 0.25) is 0 Å². The van der Waals surface area contributed by atoms with Gasteiger partial charge in [-0.25, -0.2) is 0 Å². The van der Waals surface area contributed by atoms with Gasteiger partial charge in [-0.15, -0.1) is 0 Å². The molecule has 0 aliphatic carbocycles. The Hall–Kier alpha value is -1.06. The quantitative estimate of drug-likeness (QED) is 0.422. The van der Waals surface area contributed by atoms with Crippen molar-refractivity contribution in [2.24, 2.45) is 11.3 Å². The molecule has 0 fully saturated rings. The van der Waals surface area contributed by atoms with Gasteiger partial charge in [-0.3, -0.25) is 0 Å². The van der Waals surface area contributed by atoms with E-state index in [2.05, 4.69) is 60.7 Å². The normalized spacial score (nSPS) is 12.5. The molecule has 3 rings (SSSR count). The van der Waals surface area contributed by atoms with Gasteiger partial charge in [-0.05, 0) is 34.8 Å². The number of aliphatic carboxylic acids is 1. The van der Waals surface area contributed by atoms with Crippen molar-refractivity contribution in [3.8, 4) is 0 Å². The standard InChI is InChI=1S/C26H27O2P.K/c1-26(2,3)23(25(27)28)19-18-20-12-10-11-17-24(20)29(21-13-6-4-7-14-21)22-15-8-5-9-16-22;/h4-19,23H,1-3H3,(H,27,28);/q;+1/p-1/b19-18+;/t23-;/m1./s1. The number of benzene rings is 3. The zero-order valence-electron chi connectivity index (χ0n) is 18.1. The van der Waals surface area contributed by atoms with Crippen molar-refractivity contribution in [2.45, 2.75) is 20.8 Å². The summed E-state index contributed by atoms with van der Waals surface area (Å²) in [5.74, 6) is -1.70. The molecular weight excluding hydrogens is 414 g/mol. The molecule has 0 saturated carbocycles. The Morgan fingerprint density at radius 2 is 1.30 bits per heavy atom. The second-order valence-electron chi connectivity index (χ2n) is 8.09. The summed E-state index contributed by atoms with van der Waals surface area (Å²) in [6.45, 7) is 5.76. The minimum Gasteiger partial charge on any atom is -0.549 e. The van der Waals surface area contributed by atoms with Gasteiger partial charge in [0.2, 0.25) is 0 Å². The Balaban J connectivity index is 0.00000320. The smallest absolute Gasteiger partial charge is 0.549 e. The minimum absolute atomic E-state index is 0. The number of carboxylic acid groups (broad SMARTS) is 1. The molecule has 0 unspecified atom stereocenters. The van der Waals surface area contributed by atoms with Crippen molar-refractivity contribution in [2.75, 3.05) is 0 Å². The molecule has 0 aliphatic heterocycles. The number of carbonyl (C=O) groups excluding carboxylic acids is 1. The Labute approximate surface area is 223 Å². The molecule has 3 aromatic rings. The maximum absolute atomic E-state index is 11.7. The summed E-state index contributed by atoms with van der Waals surface area (Å²) in [6, 6.07) is 29.2. The predicted molar refractivity (Wildman–Crippen MR) is 122 cm³/mol. The van der Waals surface area contributed by atoms with E-state index >= 15 is 0 Å². The molecule has 0 N–H and O–H groups in total. The van der Waals surface area contributed by atoms with Crippen LogP contribution in [0.25, 0.3) is 6.08 Å². The molecule has 2 nitrogen and oxygen atoms in total. The van der Waals surface area contributed by atoms with Gasteiger partial charge in [0, 0.05) is 11.9 Å². The monoisotopic (exact) mass is 440 g/mol. The summed E-state index contributed by atoms with van der Waals surface area (Å²) < 4.78 is 0. The van der Waals surface area contributed by atoms with Crippen LogP contribution in [0.3, 0.4) is 0 Å². The van der Waals surface area contributed by atoms with Crippen LogP contribution in [-0.2, 0) is 4.79 Å². The molecule has 3 aromatic carbocycles. The number of hydrogen-bond acceptors (Lipinski definition) is 2. The zero-order chi connectivity index (χ0) is 20.9. The van der Waals surface area contributed by atoms with E-state index in [0.29, 0.717) is 0 Å². The van der Waals surface area contributed by atoms with E-state index in [1.165, 1.54) is 15.9 Å². The Morgan fingerprint density at radius 3 is 1.77 bits per heavy atom. The van der Waals surface area contributed by atoms with Crippen LogP contribution in [0, 0.1) is 11.3 Å². The van der Waals surface area contributed by atoms with Crippen LogP contribution < -0.4 is 72.4 Å². The van der Waals surface area contributed by atoms with Crippen LogP contribution in [0.15, 0.2) is 91.0 Å². The Bertz CT molecular complexity index is 939. The van der Waals surface area contributed by atoms with Crippen molar-refractivity contribution < 1.29 is 61.3 Å². The molecule has 30 heavy (non-hydrogen) atoms. The van der Waals surface area contributed by atoms with Gasteiger partial charge in [0.1, 0.15) is 0 Å². The maximum Gasteiger partial charge on any atom is 1.00 e. The molecular formula is C26H26KO2P. The molecule has 0 amide bonds. The zero-order valence-corrected chi connectivity index (χ0v) is 22.1. The Kier molecular flexibility index (Phi) is 9.68. The van der Waals surface area contributed by atoms with Crippen molar-refractivity contribution in [3.05, 3.63) is 96.6 Å². The van der Waals surface area contributed by atoms with Gasteiger partial charge >= 0.3 is 51.4 Å². The van der Waals surface area contributed by atoms with Crippen LogP contribution >= 0.6 is 7.92 Å². The average molecular weight is 441 g/mol. The van der Waals surface area contributed by atoms with E-state index in [-0.39, 0.29) is 51.4 Å². The predicted octanol–water partition coefficient (Wildman–Crippen LogP) is 0.874. The van der Waals surface area contributed by atoms with E-state index in [1.54, 1.807) is 6.08 Å².